The molecule has 2 aromatic carbocycles. The quantitative estimate of drug-likeness (QED) is 0.343. The molecule has 0 aliphatic heterocycles. The van der Waals surface area contributed by atoms with Crippen molar-refractivity contribution in [1.29, 1.82) is 0 Å². The van der Waals surface area contributed by atoms with Gasteiger partial charge in [-0.05, 0) is 74.4 Å². The monoisotopic (exact) mass is 464 g/mol. The third-order valence-corrected chi connectivity index (χ3v) is 6.05. The highest BCUT2D eigenvalue weighted by Gasteiger charge is 2.28. The lowest BCUT2D eigenvalue weighted by atomic mass is 10.1. The Bertz CT molecular complexity index is 844. The Morgan fingerprint density at radius 2 is 1.74 bits per heavy atom. The molecule has 0 fully saturated rings. The molecule has 0 saturated heterocycles. The first-order valence-electron chi connectivity index (χ1n) is 10.5. The number of hydrogen-bond acceptors (Lipinski definition) is 3. The predicted molar refractivity (Wildman–Crippen MR) is 126 cm³/mol. The number of rotatable bonds is 11. The third kappa shape index (κ3) is 8.54. The number of nitrogens with one attached hydrogen (secondary N) is 1. The Balaban J connectivity index is 2.04. The molecule has 7 heteroatoms. The fourth-order valence-corrected chi connectivity index (χ4v) is 4.15. The molecule has 2 amide bonds. The Morgan fingerprint density at radius 1 is 1.10 bits per heavy atom. The minimum atomic E-state index is -0.566. The van der Waals surface area contributed by atoms with Crippen molar-refractivity contribution in [2.75, 3.05) is 5.75 Å². The van der Waals surface area contributed by atoms with Crippen molar-refractivity contribution < 1.29 is 14.0 Å². The summed E-state index contributed by atoms with van der Waals surface area (Å²) in [5, 5.41) is 3.61. The second-order valence-corrected chi connectivity index (χ2v) is 9.25. The number of nitrogens with zero attached hydrogens (tertiary/aromatic N) is 1. The van der Waals surface area contributed by atoms with Crippen LogP contribution in [0.1, 0.15) is 45.6 Å². The molecule has 1 N–H and O–H groups in total. The molecule has 0 saturated carbocycles. The minimum absolute atomic E-state index is 0.0138. The number of benzene rings is 2. The normalized spacial score (nSPS) is 11.9. The van der Waals surface area contributed by atoms with Gasteiger partial charge in [0.25, 0.3) is 0 Å². The van der Waals surface area contributed by atoms with Crippen LogP contribution in [0.25, 0.3) is 0 Å². The van der Waals surface area contributed by atoms with Gasteiger partial charge in [0.15, 0.2) is 0 Å². The number of carbonyl (C=O) groups is 2. The maximum atomic E-state index is 13.3. The molecule has 0 radical (unpaired) electrons. The van der Waals surface area contributed by atoms with Crippen LogP contribution in [0.4, 0.5) is 4.39 Å². The molecule has 0 aliphatic rings. The molecular formula is C24H30ClFN2O2S. The molecule has 1 atom stereocenters. The first kappa shape index (κ1) is 25.2. The molecule has 0 aliphatic carbocycles. The lowest BCUT2D eigenvalue weighted by Crippen LogP contribution is -2.50. The number of halogens is 2. The average molecular weight is 465 g/mol. The standard InChI is InChI=1S/C24H30ClFN2O2S/c1-4-22(24(30)27-17(2)3)28(16-18-7-11-20(26)12-8-18)23(29)6-5-15-31-21-13-9-19(25)10-14-21/h7-14,17,22H,4-6,15-16H2,1-3H3,(H,27,30)/t22-/m1/s1. The maximum absolute atomic E-state index is 13.3. The first-order chi connectivity index (χ1) is 14.8. The molecule has 2 aromatic rings. The summed E-state index contributed by atoms with van der Waals surface area (Å²) in [5.41, 5.74) is 0.793. The molecule has 0 unspecified atom stereocenters. The fraction of sp³-hybridized carbons (Fsp3) is 0.417. The number of thioether (sulfide) groups is 1. The second-order valence-electron chi connectivity index (χ2n) is 7.64. The summed E-state index contributed by atoms with van der Waals surface area (Å²) in [6.45, 7) is 5.95. The van der Waals surface area contributed by atoms with Crippen molar-refractivity contribution in [3.8, 4) is 0 Å². The van der Waals surface area contributed by atoms with E-state index in [-0.39, 0.29) is 30.2 Å². The Labute approximate surface area is 193 Å². The van der Waals surface area contributed by atoms with Crippen molar-refractivity contribution in [2.24, 2.45) is 0 Å². The van der Waals surface area contributed by atoms with Gasteiger partial charge in [0, 0.05) is 28.9 Å². The SMILES string of the molecule is CC[C@H](C(=O)NC(C)C)N(Cc1ccc(F)cc1)C(=O)CCCSc1ccc(Cl)cc1. The van der Waals surface area contributed by atoms with Crippen molar-refractivity contribution in [3.63, 3.8) is 0 Å². The van der Waals surface area contributed by atoms with Crippen molar-refractivity contribution in [2.45, 2.75) is 63.6 Å². The maximum Gasteiger partial charge on any atom is 0.243 e. The zero-order chi connectivity index (χ0) is 22.8. The van der Waals surface area contributed by atoms with Gasteiger partial charge >= 0.3 is 0 Å². The van der Waals surface area contributed by atoms with E-state index in [4.69, 9.17) is 11.6 Å². The van der Waals surface area contributed by atoms with E-state index in [1.54, 1.807) is 28.8 Å². The van der Waals surface area contributed by atoms with Gasteiger partial charge in [-0.3, -0.25) is 9.59 Å². The number of hydrogen-bond donors (Lipinski definition) is 1. The van der Waals surface area contributed by atoms with Crippen molar-refractivity contribution >= 4 is 35.2 Å². The van der Waals surface area contributed by atoms with Crippen LogP contribution < -0.4 is 5.32 Å². The molecule has 0 bridgehead atoms. The van der Waals surface area contributed by atoms with E-state index >= 15 is 0 Å². The zero-order valence-electron chi connectivity index (χ0n) is 18.2. The van der Waals surface area contributed by atoms with Gasteiger partial charge in [-0.25, -0.2) is 4.39 Å². The van der Waals surface area contributed by atoms with E-state index in [0.29, 0.717) is 24.3 Å². The Kier molecular flexibility index (Phi) is 10.3. The smallest absolute Gasteiger partial charge is 0.243 e. The molecule has 0 heterocycles. The van der Waals surface area contributed by atoms with Crippen LogP contribution >= 0.6 is 23.4 Å². The highest BCUT2D eigenvalue weighted by Crippen LogP contribution is 2.22. The highest BCUT2D eigenvalue weighted by atomic mass is 35.5. The summed E-state index contributed by atoms with van der Waals surface area (Å²) in [5.74, 6) is 0.216. The highest BCUT2D eigenvalue weighted by molar-refractivity contribution is 7.99. The average Bonchev–Trinajstić information content (AvgIpc) is 2.73. The first-order valence-corrected chi connectivity index (χ1v) is 11.9. The Morgan fingerprint density at radius 3 is 2.32 bits per heavy atom. The van der Waals surface area contributed by atoms with Crippen LogP contribution in [-0.2, 0) is 16.1 Å². The van der Waals surface area contributed by atoms with Crippen LogP contribution in [0.5, 0.6) is 0 Å². The van der Waals surface area contributed by atoms with Gasteiger partial charge in [-0.2, -0.15) is 0 Å². The third-order valence-electron chi connectivity index (χ3n) is 4.70. The van der Waals surface area contributed by atoms with Crippen LogP contribution in [0.15, 0.2) is 53.4 Å². The molecular weight excluding hydrogens is 435 g/mol. The summed E-state index contributed by atoms with van der Waals surface area (Å²) in [7, 11) is 0. The number of carbonyl (C=O) groups excluding carboxylic acids is 2. The van der Waals surface area contributed by atoms with Crippen molar-refractivity contribution in [1.82, 2.24) is 10.2 Å². The van der Waals surface area contributed by atoms with Gasteiger partial charge in [0.2, 0.25) is 11.8 Å². The zero-order valence-corrected chi connectivity index (χ0v) is 19.8. The van der Waals surface area contributed by atoms with Crippen LogP contribution in [-0.4, -0.2) is 34.6 Å². The van der Waals surface area contributed by atoms with Crippen LogP contribution in [0.2, 0.25) is 5.02 Å². The summed E-state index contributed by atoms with van der Waals surface area (Å²) >= 11 is 7.58. The van der Waals surface area contributed by atoms with Gasteiger partial charge < -0.3 is 10.2 Å². The summed E-state index contributed by atoms with van der Waals surface area (Å²) in [6.07, 6.45) is 1.53. The van der Waals surface area contributed by atoms with E-state index < -0.39 is 6.04 Å². The van der Waals surface area contributed by atoms with Gasteiger partial charge in [-0.1, -0.05) is 30.7 Å². The summed E-state index contributed by atoms with van der Waals surface area (Å²) in [6, 6.07) is 13.1. The predicted octanol–water partition coefficient (Wildman–Crippen LogP) is 5.68. The molecule has 31 heavy (non-hydrogen) atoms. The van der Waals surface area contributed by atoms with E-state index in [2.05, 4.69) is 5.32 Å². The van der Waals surface area contributed by atoms with E-state index in [1.807, 2.05) is 45.0 Å². The number of amides is 2. The molecule has 0 aromatic heterocycles. The van der Waals surface area contributed by atoms with Crippen molar-refractivity contribution in [3.05, 3.63) is 64.9 Å². The minimum Gasteiger partial charge on any atom is -0.352 e. The van der Waals surface area contributed by atoms with Gasteiger partial charge in [-0.15, -0.1) is 11.8 Å². The lowest BCUT2D eigenvalue weighted by molar-refractivity contribution is -0.141. The fourth-order valence-electron chi connectivity index (χ4n) is 3.17. The molecule has 2 rings (SSSR count). The van der Waals surface area contributed by atoms with Gasteiger partial charge in [0.05, 0.1) is 0 Å². The molecule has 168 valence electrons. The van der Waals surface area contributed by atoms with E-state index in [9.17, 15) is 14.0 Å². The van der Waals surface area contributed by atoms with E-state index in [0.717, 1.165) is 16.2 Å². The van der Waals surface area contributed by atoms with Crippen LogP contribution in [0, 0.1) is 5.82 Å². The second kappa shape index (κ2) is 12.7. The van der Waals surface area contributed by atoms with Crippen LogP contribution in [0.3, 0.4) is 0 Å². The topological polar surface area (TPSA) is 49.4 Å². The molecule has 4 nitrogen and oxygen atoms in total. The van der Waals surface area contributed by atoms with E-state index in [1.165, 1.54) is 12.1 Å². The lowest BCUT2D eigenvalue weighted by Gasteiger charge is -2.31. The summed E-state index contributed by atoms with van der Waals surface area (Å²) in [4.78, 5) is 28.6. The van der Waals surface area contributed by atoms with Gasteiger partial charge in [0.1, 0.15) is 11.9 Å². The largest absolute Gasteiger partial charge is 0.352 e. The summed E-state index contributed by atoms with van der Waals surface area (Å²) < 4.78 is 13.3. The Hall–Kier alpha value is -2.05. The molecule has 0 spiro atoms.